The van der Waals surface area contributed by atoms with Gasteiger partial charge in [-0.25, -0.2) is 8.42 Å². The lowest BCUT2D eigenvalue weighted by Gasteiger charge is -2.27. The van der Waals surface area contributed by atoms with Crippen LogP contribution in [0.5, 0.6) is 0 Å². The van der Waals surface area contributed by atoms with E-state index in [0.717, 1.165) is 32.6 Å². The molecule has 3 rings (SSSR count). The number of rotatable bonds is 2. The second-order valence-electron chi connectivity index (χ2n) is 6.75. The van der Waals surface area contributed by atoms with Gasteiger partial charge in [0.15, 0.2) is 9.84 Å². The smallest absolute Gasteiger partial charge is 0.226 e. The minimum Gasteiger partial charge on any atom is -0.341 e. The van der Waals surface area contributed by atoms with Crippen LogP contribution in [0.25, 0.3) is 0 Å². The van der Waals surface area contributed by atoms with Gasteiger partial charge < -0.3 is 4.90 Å². The molecule has 0 aromatic heterocycles. The predicted octanol–water partition coefficient (Wildman–Crippen LogP) is 0.898. The standard InChI is InChI=1S/C15H26N2O3S/c18-15(13-6-11-21(19,20)12-13)17-8-3-7-16(9-10-17)14-4-1-2-5-14/h13-14H,1-12H2. The Balaban J connectivity index is 1.56. The highest BCUT2D eigenvalue weighted by Crippen LogP contribution is 2.25. The first-order valence-electron chi connectivity index (χ1n) is 8.28. The lowest BCUT2D eigenvalue weighted by molar-refractivity contribution is -0.134. The van der Waals surface area contributed by atoms with Crippen LogP contribution in [0.4, 0.5) is 0 Å². The van der Waals surface area contributed by atoms with Crippen molar-refractivity contribution in [1.29, 1.82) is 0 Å². The third-order valence-corrected chi connectivity index (χ3v) is 7.03. The van der Waals surface area contributed by atoms with Gasteiger partial charge in [-0.2, -0.15) is 0 Å². The summed E-state index contributed by atoms with van der Waals surface area (Å²) in [7, 11) is -2.97. The van der Waals surface area contributed by atoms with E-state index in [1.807, 2.05) is 4.90 Å². The molecule has 2 aliphatic heterocycles. The van der Waals surface area contributed by atoms with E-state index < -0.39 is 9.84 Å². The average Bonchev–Trinajstić information content (AvgIpc) is 3.02. The molecule has 5 nitrogen and oxygen atoms in total. The number of nitrogens with zero attached hydrogens (tertiary/aromatic N) is 2. The number of sulfone groups is 1. The van der Waals surface area contributed by atoms with E-state index in [1.54, 1.807) is 0 Å². The van der Waals surface area contributed by atoms with Gasteiger partial charge in [-0.3, -0.25) is 9.69 Å². The molecular weight excluding hydrogens is 288 g/mol. The molecule has 1 amide bonds. The van der Waals surface area contributed by atoms with Crippen LogP contribution in [0, 0.1) is 5.92 Å². The van der Waals surface area contributed by atoms with Crippen molar-refractivity contribution in [1.82, 2.24) is 9.80 Å². The van der Waals surface area contributed by atoms with Crippen molar-refractivity contribution in [2.24, 2.45) is 5.92 Å². The van der Waals surface area contributed by atoms with Crippen LogP contribution in [0.1, 0.15) is 38.5 Å². The van der Waals surface area contributed by atoms with Crippen molar-refractivity contribution < 1.29 is 13.2 Å². The van der Waals surface area contributed by atoms with Gasteiger partial charge in [0.2, 0.25) is 5.91 Å². The molecule has 0 aromatic rings. The molecule has 0 aromatic carbocycles. The third kappa shape index (κ3) is 3.59. The maximum absolute atomic E-state index is 12.5. The van der Waals surface area contributed by atoms with E-state index in [0.29, 0.717) is 12.5 Å². The lowest BCUT2D eigenvalue weighted by atomic mass is 10.1. The topological polar surface area (TPSA) is 57.7 Å². The Kier molecular flexibility index (Phi) is 4.54. The number of amides is 1. The highest BCUT2D eigenvalue weighted by atomic mass is 32.2. The fourth-order valence-corrected chi connectivity index (χ4v) is 5.77. The molecule has 1 saturated carbocycles. The third-order valence-electron chi connectivity index (χ3n) is 5.26. The van der Waals surface area contributed by atoms with Crippen LogP contribution in [0.3, 0.4) is 0 Å². The Bertz CT molecular complexity index is 485. The van der Waals surface area contributed by atoms with Crippen LogP contribution in [-0.2, 0) is 14.6 Å². The van der Waals surface area contributed by atoms with E-state index in [4.69, 9.17) is 0 Å². The molecule has 0 bridgehead atoms. The Morgan fingerprint density at radius 2 is 1.67 bits per heavy atom. The zero-order valence-corrected chi connectivity index (χ0v) is 13.5. The van der Waals surface area contributed by atoms with Crippen molar-refractivity contribution in [2.75, 3.05) is 37.7 Å². The highest BCUT2D eigenvalue weighted by Gasteiger charge is 2.36. The molecule has 21 heavy (non-hydrogen) atoms. The molecular formula is C15H26N2O3S. The van der Waals surface area contributed by atoms with E-state index in [1.165, 1.54) is 25.7 Å². The average molecular weight is 314 g/mol. The van der Waals surface area contributed by atoms with Gasteiger partial charge in [-0.05, 0) is 25.7 Å². The fourth-order valence-electron chi connectivity index (χ4n) is 4.04. The van der Waals surface area contributed by atoms with Gasteiger partial charge >= 0.3 is 0 Å². The van der Waals surface area contributed by atoms with E-state index in [9.17, 15) is 13.2 Å². The van der Waals surface area contributed by atoms with E-state index >= 15 is 0 Å². The number of carbonyl (C=O) groups excluding carboxylic acids is 1. The van der Waals surface area contributed by atoms with Gasteiger partial charge in [0.25, 0.3) is 0 Å². The minimum atomic E-state index is -2.97. The maximum atomic E-state index is 12.5. The highest BCUT2D eigenvalue weighted by molar-refractivity contribution is 7.91. The van der Waals surface area contributed by atoms with Crippen LogP contribution < -0.4 is 0 Å². The quantitative estimate of drug-likeness (QED) is 0.760. The van der Waals surface area contributed by atoms with Gasteiger partial charge in [-0.15, -0.1) is 0 Å². The summed E-state index contributed by atoms with van der Waals surface area (Å²) in [4.78, 5) is 17.0. The molecule has 0 radical (unpaired) electrons. The first-order valence-corrected chi connectivity index (χ1v) is 10.1. The van der Waals surface area contributed by atoms with Crippen molar-refractivity contribution in [2.45, 2.75) is 44.6 Å². The molecule has 0 N–H and O–H groups in total. The molecule has 120 valence electrons. The summed E-state index contributed by atoms with van der Waals surface area (Å²) in [6.45, 7) is 3.60. The molecule has 3 aliphatic rings. The van der Waals surface area contributed by atoms with Crippen molar-refractivity contribution in [3.63, 3.8) is 0 Å². The molecule has 3 fully saturated rings. The second-order valence-corrected chi connectivity index (χ2v) is 8.98. The van der Waals surface area contributed by atoms with Crippen LogP contribution in [-0.4, -0.2) is 67.9 Å². The molecule has 2 heterocycles. The summed E-state index contributed by atoms with van der Waals surface area (Å²) < 4.78 is 23.1. The fraction of sp³-hybridized carbons (Fsp3) is 0.933. The Morgan fingerprint density at radius 3 is 2.33 bits per heavy atom. The first-order chi connectivity index (χ1) is 10.1. The zero-order chi connectivity index (χ0) is 14.9. The Labute approximate surface area is 127 Å². The monoisotopic (exact) mass is 314 g/mol. The number of hydrogen-bond donors (Lipinski definition) is 0. The SMILES string of the molecule is O=C(C1CCS(=O)(=O)C1)N1CCCN(C2CCCC2)CC1. The summed E-state index contributed by atoms with van der Waals surface area (Å²) >= 11 is 0. The molecule has 1 atom stereocenters. The summed E-state index contributed by atoms with van der Waals surface area (Å²) in [5.74, 6) is 0.0394. The molecule has 1 aliphatic carbocycles. The second kappa shape index (κ2) is 6.24. The van der Waals surface area contributed by atoms with Crippen molar-refractivity contribution >= 4 is 15.7 Å². The van der Waals surface area contributed by atoms with Crippen LogP contribution >= 0.6 is 0 Å². The number of hydrogen-bond acceptors (Lipinski definition) is 4. The van der Waals surface area contributed by atoms with E-state index in [2.05, 4.69) is 4.90 Å². The summed E-state index contributed by atoms with van der Waals surface area (Å²) in [5.41, 5.74) is 0. The van der Waals surface area contributed by atoms with Gasteiger partial charge in [-0.1, -0.05) is 12.8 Å². The predicted molar refractivity (Wildman–Crippen MR) is 81.8 cm³/mol. The molecule has 1 unspecified atom stereocenters. The van der Waals surface area contributed by atoms with Gasteiger partial charge in [0.05, 0.1) is 17.4 Å². The molecule has 2 saturated heterocycles. The van der Waals surface area contributed by atoms with Crippen molar-refractivity contribution in [3.05, 3.63) is 0 Å². The normalized spacial score (nSPS) is 31.4. The molecule has 6 heteroatoms. The number of carbonyl (C=O) groups is 1. The zero-order valence-electron chi connectivity index (χ0n) is 12.7. The Morgan fingerprint density at radius 1 is 0.905 bits per heavy atom. The minimum absolute atomic E-state index is 0.0642. The molecule has 0 spiro atoms. The summed E-state index contributed by atoms with van der Waals surface area (Å²) in [6, 6.07) is 0.715. The Hall–Kier alpha value is -0.620. The summed E-state index contributed by atoms with van der Waals surface area (Å²) in [6.07, 6.45) is 6.81. The lowest BCUT2D eigenvalue weighted by Crippen LogP contribution is -2.40. The van der Waals surface area contributed by atoms with Crippen molar-refractivity contribution in [3.8, 4) is 0 Å². The van der Waals surface area contributed by atoms with Gasteiger partial charge in [0, 0.05) is 32.2 Å². The first kappa shape index (κ1) is 15.3. The van der Waals surface area contributed by atoms with Gasteiger partial charge in [0.1, 0.15) is 0 Å². The largest absolute Gasteiger partial charge is 0.341 e. The van der Waals surface area contributed by atoms with Crippen LogP contribution in [0.2, 0.25) is 0 Å². The van der Waals surface area contributed by atoms with E-state index in [-0.39, 0.29) is 23.3 Å². The summed E-state index contributed by atoms with van der Waals surface area (Å²) in [5, 5.41) is 0. The van der Waals surface area contributed by atoms with Crippen LogP contribution in [0.15, 0.2) is 0 Å². The maximum Gasteiger partial charge on any atom is 0.226 e.